The van der Waals surface area contributed by atoms with Gasteiger partial charge >= 0.3 is 0 Å². The SMILES string of the molecule is CC(C)CCCC(C)C1CCC2C3CC=C4CC(OC(C)(C)CCOC(C)(C)CCN)CCC4(C)C3CCC12C. The summed E-state index contributed by atoms with van der Waals surface area (Å²) < 4.78 is 13.0. The molecule has 232 valence electrons. The first-order valence-corrected chi connectivity index (χ1v) is 17.4. The van der Waals surface area contributed by atoms with E-state index in [1.807, 2.05) is 0 Å². The second-order valence-corrected chi connectivity index (χ2v) is 16.9. The second-order valence-electron chi connectivity index (χ2n) is 16.9. The van der Waals surface area contributed by atoms with Gasteiger partial charge in [0.1, 0.15) is 0 Å². The number of fused-ring (bicyclic) bond motifs is 5. The van der Waals surface area contributed by atoms with Crippen LogP contribution in [0.3, 0.4) is 0 Å². The lowest BCUT2D eigenvalue weighted by molar-refractivity contribution is -0.120. The van der Waals surface area contributed by atoms with E-state index in [-0.39, 0.29) is 11.2 Å². The van der Waals surface area contributed by atoms with E-state index in [9.17, 15) is 0 Å². The topological polar surface area (TPSA) is 44.5 Å². The van der Waals surface area contributed by atoms with Gasteiger partial charge in [-0.3, -0.25) is 0 Å². The standard InChI is InChI=1S/C37H67NO2/c1-26(2)11-10-12-27(3)31-15-16-32-30-14-13-28-25-29(17-19-36(28,8)33(30)18-20-37(31,32)9)40-35(6,7)22-24-39-34(4,5)21-23-38/h13,26-27,29-33H,10-12,14-25,38H2,1-9H3. The van der Waals surface area contributed by atoms with Crippen LogP contribution in [0, 0.1) is 46.3 Å². The van der Waals surface area contributed by atoms with Crippen LogP contribution in [0.5, 0.6) is 0 Å². The van der Waals surface area contributed by atoms with Crippen molar-refractivity contribution < 1.29 is 9.47 Å². The van der Waals surface area contributed by atoms with E-state index in [4.69, 9.17) is 15.2 Å². The molecule has 3 fully saturated rings. The monoisotopic (exact) mass is 558 g/mol. The molecule has 4 rings (SSSR count). The van der Waals surface area contributed by atoms with E-state index in [0.29, 0.717) is 23.5 Å². The minimum Gasteiger partial charge on any atom is -0.375 e. The predicted octanol–water partition coefficient (Wildman–Crippen LogP) is 9.73. The van der Waals surface area contributed by atoms with Crippen LogP contribution in [0.2, 0.25) is 0 Å². The summed E-state index contributed by atoms with van der Waals surface area (Å²) in [6.07, 6.45) is 20.0. The van der Waals surface area contributed by atoms with Crippen LogP contribution in [0.4, 0.5) is 0 Å². The highest BCUT2D eigenvalue weighted by atomic mass is 16.5. The highest BCUT2D eigenvalue weighted by molar-refractivity contribution is 5.25. The summed E-state index contributed by atoms with van der Waals surface area (Å²) in [5.41, 5.74) is 8.16. The van der Waals surface area contributed by atoms with Crippen LogP contribution in [-0.2, 0) is 9.47 Å². The van der Waals surface area contributed by atoms with E-state index >= 15 is 0 Å². The molecule has 8 atom stereocenters. The zero-order chi connectivity index (χ0) is 29.3. The largest absolute Gasteiger partial charge is 0.375 e. The van der Waals surface area contributed by atoms with Gasteiger partial charge in [-0.1, -0.05) is 65.5 Å². The molecule has 3 saturated carbocycles. The van der Waals surface area contributed by atoms with E-state index in [2.05, 4.69) is 68.4 Å². The third kappa shape index (κ3) is 7.05. The van der Waals surface area contributed by atoms with Crippen LogP contribution < -0.4 is 5.73 Å². The molecule has 3 heteroatoms. The maximum atomic E-state index is 6.81. The second kappa shape index (κ2) is 12.7. The molecular weight excluding hydrogens is 490 g/mol. The average molecular weight is 558 g/mol. The van der Waals surface area contributed by atoms with Gasteiger partial charge in [-0.15, -0.1) is 0 Å². The van der Waals surface area contributed by atoms with Crippen LogP contribution in [-0.4, -0.2) is 30.5 Å². The lowest BCUT2D eigenvalue weighted by Gasteiger charge is -2.58. The Morgan fingerprint density at radius 3 is 2.38 bits per heavy atom. The van der Waals surface area contributed by atoms with E-state index in [1.54, 1.807) is 5.57 Å². The molecular formula is C37H67NO2. The van der Waals surface area contributed by atoms with Crippen molar-refractivity contribution >= 4 is 0 Å². The van der Waals surface area contributed by atoms with Gasteiger partial charge in [-0.05, 0) is 145 Å². The normalized spacial score (nSPS) is 37.1. The van der Waals surface area contributed by atoms with Gasteiger partial charge in [0, 0.05) is 0 Å². The maximum Gasteiger partial charge on any atom is 0.0652 e. The Bertz CT molecular complexity index is 860. The van der Waals surface area contributed by atoms with Crippen molar-refractivity contribution in [2.24, 2.45) is 52.1 Å². The van der Waals surface area contributed by atoms with Gasteiger partial charge in [0.05, 0.1) is 23.9 Å². The Morgan fingerprint density at radius 2 is 1.68 bits per heavy atom. The highest BCUT2D eigenvalue weighted by Gasteiger charge is 2.59. The maximum absolute atomic E-state index is 6.81. The van der Waals surface area contributed by atoms with Gasteiger partial charge < -0.3 is 15.2 Å². The van der Waals surface area contributed by atoms with Gasteiger partial charge in [0.25, 0.3) is 0 Å². The molecule has 4 aliphatic rings. The molecule has 0 amide bonds. The number of ether oxygens (including phenoxy) is 2. The fraction of sp³-hybridized carbons (Fsp3) is 0.946. The van der Waals surface area contributed by atoms with Crippen molar-refractivity contribution in [3.05, 3.63) is 11.6 Å². The molecule has 4 aliphatic carbocycles. The Labute approximate surface area is 249 Å². The third-order valence-corrected chi connectivity index (χ3v) is 12.7. The summed E-state index contributed by atoms with van der Waals surface area (Å²) in [6.45, 7) is 22.9. The van der Waals surface area contributed by atoms with Crippen molar-refractivity contribution in [3.8, 4) is 0 Å². The molecule has 0 aliphatic heterocycles. The summed E-state index contributed by atoms with van der Waals surface area (Å²) in [6, 6.07) is 0. The first-order valence-electron chi connectivity index (χ1n) is 17.4. The van der Waals surface area contributed by atoms with E-state index in [1.165, 1.54) is 64.2 Å². The first kappa shape index (κ1) is 32.5. The van der Waals surface area contributed by atoms with Crippen molar-refractivity contribution in [1.29, 1.82) is 0 Å². The number of hydrogen-bond donors (Lipinski definition) is 1. The van der Waals surface area contributed by atoms with Crippen molar-refractivity contribution in [2.75, 3.05) is 13.2 Å². The van der Waals surface area contributed by atoms with Gasteiger partial charge in [-0.2, -0.15) is 0 Å². The van der Waals surface area contributed by atoms with Crippen LogP contribution >= 0.6 is 0 Å². The van der Waals surface area contributed by atoms with Crippen molar-refractivity contribution in [3.63, 3.8) is 0 Å². The van der Waals surface area contributed by atoms with Gasteiger partial charge in [0.15, 0.2) is 0 Å². The Balaban J connectivity index is 1.35. The van der Waals surface area contributed by atoms with E-state index in [0.717, 1.165) is 61.4 Å². The van der Waals surface area contributed by atoms with Gasteiger partial charge in [0.2, 0.25) is 0 Å². The highest BCUT2D eigenvalue weighted by Crippen LogP contribution is 2.67. The summed E-state index contributed by atoms with van der Waals surface area (Å²) in [7, 11) is 0. The first-order chi connectivity index (χ1) is 18.7. The molecule has 0 radical (unpaired) electrons. The molecule has 8 unspecified atom stereocenters. The fourth-order valence-corrected chi connectivity index (χ4v) is 10.3. The third-order valence-electron chi connectivity index (χ3n) is 12.7. The molecule has 0 aromatic heterocycles. The van der Waals surface area contributed by atoms with Crippen LogP contribution in [0.1, 0.15) is 146 Å². The summed E-state index contributed by atoms with van der Waals surface area (Å²) in [4.78, 5) is 0. The zero-order valence-electron chi connectivity index (χ0n) is 28.1. The Kier molecular flexibility index (Phi) is 10.3. The molecule has 0 saturated heterocycles. The molecule has 3 nitrogen and oxygen atoms in total. The van der Waals surface area contributed by atoms with Crippen molar-refractivity contribution in [1.82, 2.24) is 0 Å². The molecule has 0 spiro atoms. The predicted molar refractivity (Wildman–Crippen MR) is 170 cm³/mol. The number of hydrogen-bond acceptors (Lipinski definition) is 3. The Hall–Kier alpha value is -0.380. The molecule has 40 heavy (non-hydrogen) atoms. The summed E-state index contributed by atoms with van der Waals surface area (Å²) in [5, 5.41) is 0. The quantitative estimate of drug-likeness (QED) is 0.229. The lowest BCUT2D eigenvalue weighted by Crippen LogP contribution is -2.51. The fourth-order valence-electron chi connectivity index (χ4n) is 10.3. The minimum atomic E-state index is -0.160. The molecule has 0 aromatic carbocycles. The summed E-state index contributed by atoms with van der Waals surface area (Å²) in [5.74, 6) is 5.41. The number of rotatable bonds is 13. The number of allylic oxidation sites excluding steroid dienone is 1. The molecule has 0 bridgehead atoms. The number of nitrogens with two attached hydrogens (primary N) is 1. The smallest absolute Gasteiger partial charge is 0.0652 e. The Morgan fingerprint density at radius 1 is 0.925 bits per heavy atom. The van der Waals surface area contributed by atoms with Gasteiger partial charge in [-0.25, -0.2) is 0 Å². The molecule has 2 N–H and O–H groups in total. The van der Waals surface area contributed by atoms with Crippen LogP contribution in [0.25, 0.3) is 0 Å². The summed E-state index contributed by atoms with van der Waals surface area (Å²) >= 11 is 0. The van der Waals surface area contributed by atoms with Crippen molar-refractivity contribution in [2.45, 2.75) is 163 Å². The van der Waals surface area contributed by atoms with Crippen LogP contribution in [0.15, 0.2) is 11.6 Å². The average Bonchev–Trinajstić information content (AvgIpc) is 3.21. The minimum absolute atomic E-state index is 0.151. The zero-order valence-corrected chi connectivity index (χ0v) is 28.1. The lowest BCUT2D eigenvalue weighted by atomic mass is 9.47. The molecule has 0 heterocycles. The molecule has 0 aromatic rings. The van der Waals surface area contributed by atoms with E-state index < -0.39 is 0 Å².